The van der Waals surface area contributed by atoms with Gasteiger partial charge in [0, 0.05) is 0 Å². The molecule has 0 amide bonds. The van der Waals surface area contributed by atoms with E-state index in [0.717, 1.165) is 16.6 Å². The fourth-order valence-electron chi connectivity index (χ4n) is 0.715. The van der Waals surface area contributed by atoms with Crippen molar-refractivity contribution in [2.45, 2.75) is 13.3 Å². The maximum atomic E-state index is 4.94. The largest absolute Gasteiger partial charge is 0.479 e. The monoisotopic (exact) mass is 204 g/mol. The van der Waals surface area contributed by atoms with Crippen LogP contribution in [-0.4, -0.2) is 17.3 Å². The van der Waals surface area contributed by atoms with E-state index < -0.39 is 0 Å². The molecule has 0 bridgehead atoms. The van der Waals surface area contributed by atoms with Gasteiger partial charge in [0.05, 0.1) is 12.8 Å². The molecule has 1 N–H and O–H groups in total. The Kier molecular flexibility index (Phi) is 2.32. The summed E-state index contributed by atoms with van der Waals surface area (Å²) >= 11 is 3.35. The first-order valence-electron chi connectivity index (χ1n) is 3.06. The summed E-state index contributed by atoms with van der Waals surface area (Å²) in [5, 5.41) is 6.76. The van der Waals surface area contributed by atoms with Crippen LogP contribution in [0.3, 0.4) is 0 Å². The van der Waals surface area contributed by atoms with Gasteiger partial charge in [0.2, 0.25) is 5.88 Å². The summed E-state index contributed by atoms with van der Waals surface area (Å²) in [6.45, 7) is 2.05. The molecule has 0 radical (unpaired) electrons. The molecule has 0 aliphatic heterocycles. The van der Waals surface area contributed by atoms with Crippen LogP contribution in [0.5, 0.6) is 5.88 Å². The SMILES string of the molecule is CCc1[nH]nc(OC)c1Br. The summed E-state index contributed by atoms with van der Waals surface area (Å²) in [7, 11) is 1.60. The highest BCUT2D eigenvalue weighted by molar-refractivity contribution is 9.10. The minimum absolute atomic E-state index is 0.622. The van der Waals surface area contributed by atoms with Crippen molar-refractivity contribution >= 4 is 15.9 Å². The van der Waals surface area contributed by atoms with Gasteiger partial charge in [0.1, 0.15) is 4.47 Å². The van der Waals surface area contributed by atoms with E-state index in [4.69, 9.17) is 4.74 Å². The molecule has 0 atom stereocenters. The van der Waals surface area contributed by atoms with Gasteiger partial charge < -0.3 is 4.74 Å². The molecular weight excluding hydrogens is 196 g/mol. The second-order valence-electron chi connectivity index (χ2n) is 1.88. The van der Waals surface area contributed by atoms with Gasteiger partial charge in [-0.25, -0.2) is 0 Å². The van der Waals surface area contributed by atoms with Crippen molar-refractivity contribution in [1.29, 1.82) is 0 Å². The second kappa shape index (κ2) is 3.05. The number of hydrogen-bond donors (Lipinski definition) is 1. The number of methoxy groups -OCH3 is 1. The van der Waals surface area contributed by atoms with Crippen LogP contribution in [0.1, 0.15) is 12.6 Å². The molecule has 0 fully saturated rings. The highest BCUT2D eigenvalue weighted by Crippen LogP contribution is 2.25. The summed E-state index contributed by atoms with van der Waals surface area (Å²) in [5.74, 6) is 0.622. The first-order chi connectivity index (χ1) is 4.79. The Balaban J connectivity index is 2.97. The van der Waals surface area contributed by atoms with Crippen molar-refractivity contribution < 1.29 is 4.74 Å². The number of aromatic nitrogens is 2. The highest BCUT2D eigenvalue weighted by atomic mass is 79.9. The molecule has 0 unspecified atom stereocenters. The quantitative estimate of drug-likeness (QED) is 0.798. The summed E-state index contributed by atoms with van der Waals surface area (Å²) in [5.41, 5.74) is 1.07. The fourth-order valence-corrected chi connectivity index (χ4v) is 1.33. The first-order valence-corrected chi connectivity index (χ1v) is 3.85. The predicted molar refractivity (Wildman–Crippen MR) is 42.2 cm³/mol. The van der Waals surface area contributed by atoms with Crippen LogP contribution in [0, 0.1) is 0 Å². The van der Waals surface area contributed by atoms with E-state index in [1.54, 1.807) is 7.11 Å². The zero-order valence-electron chi connectivity index (χ0n) is 5.94. The lowest BCUT2D eigenvalue weighted by Gasteiger charge is -1.92. The molecule has 0 aliphatic rings. The van der Waals surface area contributed by atoms with Crippen LogP contribution in [0.4, 0.5) is 0 Å². The molecule has 3 nitrogen and oxygen atoms in total. The molecule has 56 valence electrons. The van der Waals surface area contributed by atoms with Crippen LogP contribution in [-0.2, 0) is 6.42 Å². The summed E-state index contributed by atoms with van der Waals surface area (Å²) < 4.78 is 5.87. The van der Waals surface area contributed by atoms with Crippen molar-refractivity contribution in [3.8, 4) is 5.88 Å². The number of H-pyrrole nitrogens is 1. The zero-order valence-corrected chi connectivity index (χ0v) is 7.53. The molecule has 0 aromatic carbocycles. The normalized spacial score (nSPS) is 9.90. The van der Waals surface area contributed by atoms with Crippen molar-refractivity contribution in [3.05, 3.63) is 10.2 Å². The second-order valence-corrected chi connectivity index (χ2v) is 2.67. The standard InChI is InChI=1S/C6H9BrN2O/c1-3-4-5(7)6(10-2)9-8-4/h3H2,1-2H3,(H,8,9). The van der Waals surface area contributed by atoms with Crippen molar-refractivity contribution in [3.63, 3.8) is 0 Å². The number of aryl methyl sites for hydroxylation is 1. The summed E-state index contributed by atoms with van der Waals surface area (Å²) in [6, 6.07) is 0. The van der Waals surface area contributed by atoms with Gasteiger partial charge in [-0.15, -0.1) is 5.10 Å². The van der Waals surface area contributed by atoms with Crippen LogP contribution < -0.4 is 4.74 Å². The number of nitrogens with zero attached hydrogens (tertiary/aromatic N) is 1. The minimum atomic E-state index is 0.622. The molecule has 0 spiro atoms. The number of hydrogen-bond acceptors (Lipinski definition) is 2. The Hall–Kier alpha value is -0.510. The summed E-state index contributed by atoms with van der Waals surface area (Å²) in [4.78, 5) is 0. The number of nitrogens with one attached hydrogen (secondary N) is 1. The molecule has 4 heteroatoms. The molecule has 1 heterocycles. The zero-order chi connectivity index (χ0) is 7.56. The van der Waals surface area contributed by atoms with E-state index in [-0.39, 0.29) is 0 Å². The Morgan fingerprint density at radius 2 is 2.40 bits per heavy atom. The average molecular weight is 205 g/mol. The number of halogens is 1. The van der Waals surface area contributed by atoms with Gasteiger partial charge >= 0.3 is 0 Å². The molecule has 1 aromatic heterocycles. The maximum absolute atomic E-state index is 4.94. The van der Waals surface area contributed by atoms with E-state index in [0.29, 0.717) is 5.88 Å². The van der Waals surface area contributed by atoms with E-state index >= 15 is 0 Å². The van der Waals surface area contributed by atoms with Crippen LogP contribution in [0.2, 0.25) is 0 Å². The van der Waals surface area contributed by atoms with Gasteiger partial charge in [0.25, 0.3) is 0 Å². The molecule has 0 aliphatic carbocycles. The fraction of sp³-hybridized carbons (Fsp3) is 0.500. The Morgan fingerprint density at radius 3 is 2.70 bits per heavy atom. The first kappa shape index (κ1) is 7.60. The number of aromatic amines is 1. The van der Waals surface area contributed by atoms with Gasteiger partial charge in [0.15, 0.2) is 0 Å². The molecular formula is C6H9BrN2O. The van der Waals surface area contributed by atoms with Crippen molar-refractivity contribution in [1.82, 2.24) is 10.2 Å². The Labute approximate surface area is 67.9 Å². The van der Waals surface area contributed by atoms with Gasteiger partial charge in [-0.3, -0.25) is 5.10 Å². The average Bonchev–Trinajstić information content (AvgIpc) is 2.30. The van der Waals surface area contributed by atoms with Crippen molar-refractivity contribution in [2.75, 3.05) is 7.11 Å². The van der Waals surface area contributed by atoms with E-state index in [1.807, 2.05) is 0 Å². The van der Waals surface area contributed by atoms with Gasteiger partial charge in [-0.2, -0.15) is 0 Å². The van der Waals surface area contributed by atoms with Gasteiger partial charge in [-0.1, -0.05) is 6.92 Å². The lowest BCUT2D eigenvalue weighted by atomic mass is 10.3. The van der Waals surface area contributed by atoms with Crippen LogP contribution >= 0.6 is 15.9 Å². The summed E-state index contributed by atoms with van der Waals surface area (Å²) in [6.07, 6.45) is 0.928. The smallest absolute Gasteiger partial charge is 0.247 e. The minimum Gasteiger partial charge on any atom is -0.479 e. The lowest BCUT2D eigenvalue weighted by molar-refractivity contribution is 0.394. The number of ether oxygens (including phenoxy) is 1. The third-order valence-corrected chi connectivity index (χ3v) is 2.11. The molecule has 1 rings (SSSR count). The van der Waals surface area contributed by atoms with Crippen LogP contribution in [0.15, 0.2) is 4.47 Å². The molecule has 0 saturated carbocycles. The van der Waals surface area contributed by atoms with Crippen molar-refractivity contribution in [2.24, 2.45) is 0 Å². The van der Waals surface area contributed by atoms with E-state index in [9.17, 15) is 0 Å². The van der Waals surface area contributed by atoms with Gasteiger partial charge in [-0.05, 0) is 22.4 Å². The maximum Gasteiger partial charge on any atom is 0.247 e. The highest BCUT2D eigenvalue weighted by Gasteiger charge is 2.07. The van der Waals surface area contributed by atoms with E-state index in [1.165, 1.54) is 0 Å². The van der Waals surface area contributed by atoms with Crippen LogP contribution in [0.25, 0.3) is 0 Å². The third kappa shape index (κ3) is 1.16. The third-order valence-electron chi connectivity index (χ3n) is 1.29. The topological polar surface area (TPSA) is 37.9 Å². The Bertz CT molecular complexity index is 200. The lowest BCUT2D eigenvalue weighted by Crippen LogP contribution is -1.82. The molecule has 10 heavy (non-hydrogen) atoms. The van der Waals surface area contributed by atoms with E-state index in [2.05, 4.69) is 33.1 Å². The Morgan fingerprint density at radius 1 is 1.70 bits per heavy atom. The predicted octanol–water partition coefficient (Wildman–Crippen LogP) is 1.74. The molecule has 0 saturated heterocycles. The number of rotatable bonds is 2. The molecule has 1 aromatic rings.